The molecule has 0 unspecified atom stereocenters. The van der Waals surface area contributed by atoms with Crippen LogP contribution in [-0.4, -0.2) is 63.6 Å². The molecular formula is C29H48O6. The molecule has 6 heteroatoms. The topological polar surface area (TPSA) is 66.4 Å². The fourth-order valence-corrected chi connectivity index (χ4v) is 5.66. The fourth-order valence-electron chi connectivity index (χ4n) is 5.66. The van der Waals surface area contributed by atoms with E-state index in [4.69, 9.17) is 28.8 Å². The zero-order chi connectivity index (χ0) is 25.1. The summed E-state index contributed by atoms with van der Waals surface area (Å²) in [6.07, 6.45) is 8.40. The van der Waals surface area contributed by atoms with Crippen molar-refractivity contribution in [2.24, 2.45) is 11.8 Å². The Morgan fingerprint density at radius 1 is 0.943 bits per heavy atom. The molecule has 1 aromatic carbocycles. The van der Waals surface area contributed by atoms with Gasteiger partial charge in [0, 0.05) is 11.5 Å². The fraction of sp³-hybridized carbons (Fsp3) is 0.793. The SMILES string of the molecule is CCCCCc1cc(OCCOCCOCCOCCO)c2c(c1)OC(C)(C)[C@@H]1CC[C@@H](C)C[C@@H]21. The van der Waals surface area contributed by atoms with Gasteiger partial charge in [0.2, 0.25) is 0 Å². The predicted molar refractivity (Wildman–Crippen MR) is 139 cm³/mol. The quantitative estimate of drug-likeness (QED) is 0.306. The Balaban J connectivity index is 1.60. The average Bonchev–Trinajstić information content (AvgIpc) is 2.82. The molecule has 3 atom stereocenters. The van der Waals surface area contributed by atoms with Gasteiger partial charge in [0.05, 0.1) is 46.2 Å². The smallest absolute Gasteiger partial charge is 0.127 e. The maximum atomic E-state index is 8.69. The second kappa shape index (κ2) is 14.4. The molecule has 1 saturated carbocycles. The van der Waals surface area contributed by atoms with Crippen molar-refractivity contribution in [3.8, 4) is 11.5 Å². The number of hydrogen-bond donors (Lipinski definition) is 1. The summed E-state index contributed by atoms with van der Waals surface area (Å²) in [4.78, 5) is 0. The normalized spacial score (nSPS) is 22.8. The average molecular weight is 493 g/mol. The molecule has 1 aliphatic heterocycles. The summed E-state index contributed by atoms with van der Waals surface area (Å²) < 4.78 is 29.4. The van der Waals surface area contributed by atoms with E-state index in [-0.39, 0.29) is 12.2 Å². The molecular weight excluding hydrogens is 444 g/mol. The molecule has 1 aromatic rings. The lowest BCUT2D eigenvalue weighted by molar-refractivity contribution is -0.0155. The number of fused-ring (bicyclic) bond motifs is 3. The van der Waals surface area contributed by atoms with Gasteiger partial charge in [-0.05, 0) is 69.1 Å². The lowest BCUT2D eigenvalue weighted by Crippen LogP contribution is -2.46. The summed E-state index contributed by atoms with van der Waals surface area (Å²) in [6.45, 7) is 12.6. The maximum absolute atomic E-state index is 8.69. The Bertz CT molecular complexity index is 749. The molecule has 1 fully saturated rings. The first-order chi connectivity index (χ1) is 17.0. The largest absolute Gasteiger partial charge is 0.491 e. The van der Waals surface area contributed by atoms with Crippen molar-refractivity contribution in [2.75, 3.05) is 52.9 Å². The zero-order valence-electron chi connectivity index (χ0n) is 22.5. The molecule has 0 bridgehead atoms. The van der Waals surface area contributed by atoms with E-state index in [1.54, 1.807) is 0 Å². The number of unbranched alkanes of at least 4 members (excludes halogenated alkanes) is 2. The number of aliphatic hydroxyl groups excluding tert-OH is 1. The number of rotatable bonds is 16. The first-order valence-electron chi connectivity index (χ1n) is 13.8. The van der Waals surface area contributed by atoms with E-state index in [0.717, 1.165) is 23.8 Å². The number of hydrogen-bond acceptors (Lipinski definition) is 6. The molecule has 0 aromatic heterocycles. The highest BCUT2D eigenvalue weighted by atomic mass is 16.6. The Labute approximate surface area is 212 Å². The van der Waals surface area contributed by atoms with E-state index in [0.29, 0.717) is 58.1 Å². The highest BCUT2D eigenvalue weighted by Crippen LogP contribution is 2.55. The molecule has 3 rings (SSSR count). The Hall–Kier alpha value is -1.34. The summed E-state index contributed by atoms with van der Waals surface area (Å²) in [6, 6.07) is 4.55. The van der Waals surface area contributed by atoms with Crippen molar-refractivity contribution in [1.29, 1.82) is 0 Å². The van der Waals surface area contributed by atoms with E-state index in [1.807, 2.05) is 0 Å². The van der Waals surface area contributed by atoms with Crippen LogP contribution < -0.4 is 9.47 Å². The predicted octanol–water partition coefficient (Wildman–Crippen LogP) is 5.53. The highest BCUT2D eigenvalue weighted by Gasteiger charge is 2.47. The minimum Gasteiger partial charge on any atom is -0.491 e. The second-order valence-corrected chi connectivity index (χ2v) is 10.7. The third-order valence-electron chi connectivity index (χ3n) is 7.45. The lowest BCUT2D eigenvalue weighted by Gasteiger charge is -2.49. The number of aryl methyl sites for hydroxylation is 1. The van der Waals surface area contributed by atoms with Crippen molar-refractivity contribution in [3.63, 3.8) is 0 Å². The minimum atomic E-state index is -0.149. The molecule has 0 saturated heterocycles. The molecule has 0 amide bonds. The van der Waals surface area contributed by atoms with E-state index >= 15 is 0 Å². The van der Waals surface area contributed by atoms with Gasteiger partial charge in [0.25, 0.3) is 0 Å². The molecule has 6 nitrogen and oxygen atoms in total. The van der Waals surface area contributed by atoms with Crippen LogP contribution in [-0.2, 0) is 20.6 Å². The molecule has 2 aliphatic rings. The minimum absolute atomic E-state index is 0.0400. The molecule has 0 spiro atoms. The van der Waals surface area contributed by atoms with Crippen molar-refractivity contribution in [3.05, 3.63) is 23.3 Å². The van der Waals surface area contributed by atoms with Gasteiger partial charge >= 0.3 is 0 Å². The lowest BCUT2D eigenvalue weighted by atomic mass is 9.64. The van der Waals surface area contributed by atoms with Crippen LogP contribution >= 0.6 is 0 Å². The van der Waals surface area contributed by atoms with E-state index < -0.39 is 0 Å². The van der Waals surface area contributed by atoms with Crippen molar-refractivity contribution >= 4 is 0 Å². The van der Waals surface area contributed by atoms with E-state index in [1.165, 1.54) is 49.7 Å². The third kappa shape index (κ3) is 8.34. The Kier molecular flexibility index (Phi) is 11.6. The summed E-state index contributed by atoms with van der Waals surface area (Å²) >= 11 is 0. The van der Waals surface area contributed by atoms with Crippen LogP contribution in [0.5, 0.6) is 11.5 Å². The van der Waals surface area contributed by atoms with Crippen molar-refractivity contribution in [2.45, 2.75) is 84.2 Å². The van der Waals surface area contributed by atoms with Gasteiger partial charge in [-0.15, -0.1) is 0 Å². The van der Waals surface area contributed by atoms with Crippen molar-refractivity contribution in [1.82, 2.24) is 0 Å². The van der Waals surface area contributed by atoms with Crippen LogP contribution in [0.3, 0.4) is 0 Å². The number of benzene rings is 1. The van der Waals surface area contributed by atoms with Gasteiger partial charge in [-0.1, -0.05) is 33.1 Å². The summed E-state index contributed by atoms with van der Waals surface area (Å²) in [7, 11) is 0. The molecule has 0 radical (unpaired) electrons. The first-order valence-corrected chi connectivity index (χ1v) is 13.8. The molecule has 200 valence electrons. The zero-order valence-corrected chi connectivity index (χ0v) is 22.5. The van der Waals surface area contributed by atoms with Crippen LogP contribution in [0, 0.1) is 11.8 Å². The van der Waals surface area contributed by atoms with Gasteiger partial charge in [0.15, 0.2) is 0 Å². The summed E-state index contributed by atoms with van der Waals surface area (Å²) in [5.74, 6) is 3.77. The third-order valence-corrected chi connectivity index (χ3v) is 7.45. The van der Waals surface area contributed by atoms with E-state index in [2.05, 4.69) is 39.8 Å². The van der Waals surface area contributed by atoms with Gasteiger partial charge < -0.3 is 28.8 Å². The van der Waals surface area contributed by atoms with Gasteiger partial charge in [0.1, 0.15) is 23.7 Å². The first kappa shape index (κ1) is 28.2. The molecule has 1 N–H and O–H groups in total. The molecule has 1 heterocycles. The maximum Gasteiger partial charge on any atom is 0.127 e. The van der Waals surface area contributed by atoms with Crippen LogP contribution in [0.1, 0.15) is 83.3 Å². The van der Waals surface area contributed by atoms with Gasteiger partial charge in [-0.25, -0.2) is 0 Å². The van der Waals surface area contributed by atoms with Gasteiger partial charge in [-0.2, -0.15) is 0 Å². The summed E-state index contributed by atoms with van der Waals surface area (Å²) in [5, 5.41) is 8.69. The van der Waals surface area contributed by atoms with Crippen molar-refractivity contribution < 1.29 is 28.8 Å². The summed E-state index contributed by atoms with van der Waals surface area (Å²) in [5.41, 5.74) is 2.44. The van der Waals surface area contributed by atoms with Crippen LogP contribution in [0.2, 0.25) is 0 Å². The van der Waals surface area contributed by atoms with Gasteiger partial charge in [-0.3, -0.25) is 0 Å². The number of ether oxygens (including phenoxy) is 5. The Morgan fingerprint density at radius 3 is 2.31 bits per heavy atom. The highest BCUT2D eigenvalue weighted by molar-refractivity contribution is 5.52. The second-order valence-electron chi connectivity index (χ2n) is 10.7. The monoisotopic (exact) mass is 492 g/mol. The molecule has 1 aliphatic carbocycles. The standard InChI is InChI=1S/C29H48O6/c1-5-6-7-8-23-20-26(34-18-17-33-16-15-32-14-13-31-12-11-30)28-24-19-22(2)9-10-25(24)29(3,4)35-27(28)21-23/h20-22,24-25,30H,5-19H2,1-4H3/t22-,24-,25-/m1/s1. The van der Waals surface area contributed by atoms with Crippen LogP contribution in [0.4, 0.5) is 0 Å². The van der Waals surface area contributed by atoms with Crippen LogP contribution in [0.15, 0.2) is 12.1 Å². The van der Waals surface area contributed by atoms with E-state index in [9.17, 15) is 0 Å². The number of aliphatic hydroxyl groups is 1. The van der Waals surface area contributed by atoms with Crippen LogP contribution in [0.25, 0.3) is 0 Å². The Morgan fingerprint density at radius 2 is 1.63 bits per heavy atom. The molecule has 35 heavy (non-hydrogen) atoms.